The van der Waals surface area contributed by atoms with Crippen LogP contribution in [0.5, 0.6) is 5.75 Å². The number of fused-ring (bicyclic) bond motifs is 1. The van der Waals surface area contributed by atoms with Gasteiger partial charge in [-0.25, -0.2) is 4.90 Å². The molecule has 0 atom stereocenters. The van der Waals surface area contributed by atoms with E-state index < -0.39 is 16.7 Å². The Labute approximate surface area is 131 Å². The third kappa shape index (κ3) is 2.13. The van der Waals surface area contributed by atoms with Gasteiger partial charge in [0.1, 0.15) is 0 Å². The lowest BCUT2D eigenvalue weighted by molar-refractivity contribution is -0.385. The van der Waals surface area contributed by atoms with E-state index in [2.05, 4.69) is 0 Å². The smallest absolute Gasteiger partial charge is 0.311 e. The van der Waals surface area contributed by atoms with Gasteiger partial charge in [-0.2, -0.15) is 0 Å². The van der Waals surface area contributed by atoms with Crippen LogP contribution in [0.1, 0.15) is 26.3 Å². The van der Waals surface area contributed by atoms with Crippen LogP contribution in [0.15, 0.2) is 36.4 Å². The first kappa shape index (κ1) is 14.7. The number of anilines is 1. The highest BCUT2D eigenvalue weighted by molar-refractivity contribution is 6.34. The molecule has 0 bridgehead atoms. The molecule has 7 nitrogen and oxygen atoms in total. The SMILES string of the molecule is COc1cc(N2C(=O)c3ccccc3C2=O)c(C)cc1[N+](=O)[O-]. The van der Waals surface area contributed by atoms with Crippen LogP contribution >= 0.6 is 0 Å². The van der Waals surface area contributed by atoms with Gasteiger partial charge in [0, 0.05) is 12.1 Å². The summed E-state index contributed by atoms with van der Waals surface area (Å²) in [4.78, 5) is 36.5. The minimum absolute atomic E-state index is 0.00726. The molecule has 23 heavy (non-hydrogen) atoms. The Morgan fingerprint density at radius 1 is 1.09 bits per heavy atom. The van der Waals surface area contributed by atoms with E-state index in [9.17, 15) is 19.7 Å². The van der Waals surface area contributed by atoms with Gasteiger partial charge in [0.2, 0.25) is 0 Å². The summed E-state index contributed by atoms with van der Waals surface area (Å²) >= 11 is 0. The van der Waals surface area contributed by atoms with Crippen LogP contribution < -0.4 is 9.64 Å². The van der Waals surface area contributed by atoms with Gasteiger partial charge in [0.05, 0.1) is 28.8 Å². The molecule has 1 aliphatic heterocycles. The molecule has 2 aromatic carbocycles. The third-order valence-corrected chi connectivity index (χ3v) is 3.73. The van der Waals surface area contributed by atoms with Gasteiger partial charge >= 0.3 is 5.69 Å². The lowest BCUT2D eigenvalue weighted by Gasteiger charge is -2.17. The molecule has 2 aromatic rings. The molecule has 1 aliphatic rings. The summed E-state index contributed by atoms with van der Waals surface area (Å²) in [5.74, 6) is -0.915. The average molecular weight is 312 g/mol. The highest BCUT2D eigenvalue weighted by Gasteiger charge is 2.37. The predicted molar refractivity (Wildman–Crippen MR) is 82.0 cm³/mol. The largest absolute Gasteiger partial charge is 0.490 e. The molecule has 0 unspecified atom stereocenters. The zero-order valence-electron chi connectivity index (χ0n) is 12.4. The van der Waals surface area contributed by atoms with Crippen LogP contribution in [-0.2, 0) is 0 Å². The van der Waals surface area contributed by atoms with Gasteiger partial charge in [-0.15, -0.1) is 0 Å². The van der Waals surface area contributed by atoms with Crippen molar-refractivity contribution in [2.45, 2.75) is 6.92 Å². The van der Waals surface area contributed by atoms with Crippen molar-refractivity contribution in [1.29, 1.82) is 0 Å². The van der Waals surface area contributed by atoms with Gasteiger partial charge in [-0.1, -0.05) is 12.1 Å². The van der Waals surface area contributed by atoms with Crippen molar-refractivity contribution in [2.75, 3.05) is 12.0 Å². The summed E-state index contributed by atoms with van der Waals surface area (Å²) in [5.41, 5.74) is 1.12. The molecule has 116 valence electrons. The fourth-order valence-electron chi connectivity index (χ4n) is 2.62. The van der Waals surface area contributed by atoms with Crippen molar-refractivity contribution in [1.82, 2.24) is 0 Å². The van der Waals surface area contributed by atoms with Gasteiger partial charge in [-0.05, 0) is 24.6 Å². The number of nitro benzene ring substituents is 1. The number of carbonyl (C=O) groups excluding carboxylic acids is 2. The second-order valence-electron chi connectivity index (χ2n) is 5.06. The summed E-state index contributed by atoms with van der Waals surface area (Å²) in [7, 11) is 1.30. The van der Waals surface area contributed by atoms with Gasteiger partial charge in [-0.3, -0.25) is 19.7 Å². The highest BCUT2D eigenvalue weighted by atomic mass is 16.6. The molecule has 0 spiro atoms. The van der Waals surface area contributed by atoms with E-state index in [1.165, 1.54) is 19.2 Å². The Bertz CT molecular complexity index is 825. The molecule has 0 aliphatic carbocycles. The minimum atomic E-state index is -0.571. The normalized spacial score (nSPS) is 13.2. The molecule has 0 N–H and O–H groups in total. The highest BCUT2D eigenvalue weighted by Crippen LogP contribution is 2.37. The molecule has 7 heteroatoms. The van der Waals surface area contributed by atoms with Crippen molar-refractivity contribution in [3.8, 4) is 5.75 Å². The summed E-state index contributed by atoms with van der Waals surface area (Å²) in [6.07, 6.45) is 0. The Morgan fingerprint density at radius 2 is 1.65 bits per heavy atom. The van der Waals surface area contributed by atoms with Gasteiger partial charge in [0.25, 0.3) is 11.8 Å². The summed E-state index contributed by atoms with van der Waals surface area (Å²) in [6, 6.07) is 9.14. The second-order valence-corrected chi connectivity index (χ2v) is 5.06. The summed E-state index contributed by atoms with van der Waals surface area (Å²) in [6.45, 7) is 1.60. The number of aryl methyl sites for hydroxylation is 1. The van der Waals surface area contributed by atoms with E-state index in [0.29, 0.717) is 16.7 Å². The van der Waals surface area contributed by atoms with Gasteiger partial charge in [0.15, 0.2) is 5.75 Å². The molecule has 0 saturated carbocycles. The van der Waals surface area contributed by atoms with E-state index in [0.717, 1.165) is 4.90 Å². The average Bonchev–Trinajstić information content (AvgIpc) is 2.79. The zero-order chi connectivity index (χ0) is 16.7. The Balaban J connectivity index is 2.16. The van der Waals surface area contributed by atoms with Crippen molar-refractivity contribution in [2.24, 2.45) is 0 Å². The molecule has 0 aromatic heterocycles. The van der Waals surface area contributed by atoms with Crippen molar-refractivity contribution < 1.29 is 19.2 Å². The van der Waals surface area contributed by atoms with Crippen LogP contribution in [0.4, 0.5) is 11.4 Å². The number of rotatable bonds is 3. The number of carbonyl (C=O) groups is 2. The Hall–Kier alpha value is -3.22. The monoisotopic (exact) mass is 312 g/mol. The first-order chi connectivity index (χ1) is 11.0. The number of amides is 2. The fourth-order valence-corrected chi connectivity index (χ4v) is 2.62. The maximum absolute atomic E-state index is 12.5. The first-order valence-electron chi connectivity index (χ1n) is 6.76. The number of nitro groups is 1. The molecule has 0 saturated heterocycles. The molecule has 0 fully saturated rings. The summed E-state index contributed by atoms with van der Waals surface area (Å²) in [5, 5.41) is 11.1. The van der Waals surface area contributed by atoms with Crippen molar-refractivity contribution in [3.63, 3.8) is 0 Å². The summed E-state index contributed by atoms with van der Waals surface area (Å²) < 4.78 is 5.02. The molecular weight excluding hydrogens is 300 g/mol. The van der Waals surface area contributed by atoms with Crippen LogP contribution in [0, 0.1) is 17.0 Å². The van der Waals surface area contributed by atoms with E-state index >= 15 is 0 Å². The first-order valence-corrected chi connectivity index (χ1v) is 6.76. The van der Waals surface area contributed by atoms with Crippen LogP contribution in [0.3, 0.4) is 0 Å². The van der Waals surface area contributed by atoms with Crippen molar-refractivity contribution in [3.05, 3.63) is 63.2 Å². The van der Waals surface area contributed by atoms with Crippen LogP contribution in [-0.4, -0.2) is 23.8 Å². The van der Waals surface area contributed by atoms with E-state index in [-0.39, 0.29) is 17.1 Å². The Kier molecular flexibility index (Phi) is 3.33. The number of benzene rings is 2. The van der Waals surface area contributed by atoms with Gasteiger partial charge < -0.3 is 4.74 Å². The number of nitrogens with zero attached hydrogens (tertiary/aromatic N) is 2. The number of ether oxygens (including phenoxy) is 1. The molecule has 3 rings (SSSR count). The molecule has 2 amide bonds. The lowest BCUT2D eigenvalue weighted by atomic mass is 10.1. The van der Waals surface area contributed by atoms with Crippen LogP contribution in [0.2, 0.25) is 0 Å². The second kappa shape index (κ2) is 5.20. The molecular formula is C16H12N2O5. The molecule has 1 heterocycles. The number of methoxy groups -OCH3 is 1. The van der Waals surface area contributed by atoms with E-state index in [1.54, 1.807) is 31.2 Å². The Morgan fingerprint density at radius 3 is 2.13 bits per heavy atom. The standard InChI is InChI=1S/C16H12N2O5/c1-9-7-13(18(21)22)14(23-2)8-12(9)17-15(19)10-5-3-4-6-11(10)16(17)20/h3-8H,1-2H3. The van der Waals surface area contributed by atoms with Crippen molar-refractivity contribution >= 4 is 23.2 Å². The third-order valence-electron chi connectivity index (χ3n) is 3.73. The fraction of sp³-hybridized carbons (Fsp3) is 0.125. The predicted octanol–water partition coefficient (Wildman–Crippen LogP) is 2.71. The number of hydrogen-bond donors (Lipinski definition) is 0. The van der Waals surface area contributed by atoms with E-state index in [1.807, 2.05) is 0 Å². The molecule has 0 radical (unpaired) electrons. The van der Waals surface area contributed by atoms with E-state index in [4.69, 9.17) is 4.74 Å². The minimum Gasteiger partial charge on any atom is -0.490 e. The number of imide groups is 1. The zero-order valence-corrected chi connectivity index (χ0v) is 12.4. The quantitative estimate of drug-likeness (QED) is 0.494. The maximum atomic E-state index is 12.5. The topological polar surface area (TPSA) is 89.8 Å². The maximum Gasteiger partial charge on any atom is 0.311 e. The number of hydrogen-bond acceptors (Lipinski definition) is 5. The lowest BCUT2D eigenvalue weighted by Crippen LogP contribution is -2.30. The van der Waals surface area contributed by atoms with Crippen LogP contribution in [0.25, 0.3) is 0 Å².